The SMILES string of the molecule is CN[C@@H]1[C@H](C[C@H](O)CO)[C@H](NC(C)=O)[C@H]2[C@@H]3CNC(=O)[C@@](O)(C3)[C@@H]12. The molecule has 1 heterocycles. The molecule has 0 aromatic heterocycles. The van der Waals surface area contributed by atoms with Gasteiger partial charge in [0.15, 0.2) is 0 Å². The highest BCUT2D eigenvalue weighted by Gasteiger charge is 2.68. The van der Waals surface area contributed by atoms with Crippen molar-refractivity contribution < 1.29 is 24.9 Å². The summed E-state index contributed by atoms with van der Waals surface area (Å²) in [6, 6.07) is -0.482. The first kappa shape index (κ1) is 17.6. The topological polar surface area (TPSA) is 131 Å². The summed E-state index contributed by atoms with van der Waals surface area (Å²) in [5, 5.41) is 39.1. The zero-order valence-corrected chi connectivity index (χ0v) is 14.0. The molecule has 24 heavy (non-hydrogen) atoms. The normalized spacial score (nSPS) is 44.8. The molecule has 8 atom stereocenters. The van der Waals surface area contributed by atoms with Crippen molar-refractivity contribution in [2.75, 3.05) is 20.2 Å². The van der Waals surface area contributed by atoms with Gasteiger partial charge in [0, 0.05) is 31.5 Å². The number of fused-ring (bicyclic) bond motifs is 5. The Labute approximate surface area is 141 Å². The summed E-state index contributed by atoms with van der Waals surface area (Å²) in [4.78, 5) is 24.1. The van der Waals surface area contributed by atoms with Crippen molar-refractivity contribution in [3.05, 3.63) is 0 Å². The second kappa shape index (κ2) is 6.25. The average Bonchev–Trinajstić information content (AvgIpc) is 2.96. The molecule has 6 N–H and O–H groups in total. The first-order chi connectivity index (χ1) is 11.3. The van der Waals surface area contributed by atoms with E-state index in [1.165, 1.54) is 6.92 Å². The highest BCUT2D eigenvalue weighted by atomic mass is 16.3. The smallest absolute Gasteiger partial charge is 0.252 e. The van der Waals surface area contributed by atoms with E-state index in [4.69, 9.17) is 0 Å². The predicted octanol–water partition coefficient (Wildman–Crippen LogP) is -2.43. The van der Waals surface area contributed by atoms with Gasteiger partial charge in [0.25, 0.3) is 5.91 Å². The summed E-state index contributed by atoms with van der Waals surface area (Å²) in [7, 11) is 1.76. The number of aliphatic hydroxyl groups is 3. The molecule has 1 saturated heterocycles. The van der Waals surface area contributed by atoms with E-state index in [0.29, 0.717) is 19.4 Å². The van der Waals surface area contributed by atoms with Crippen LogP contribution in [0, 0.1) is 23.7 Å². The van der Waals surface area contributed by atoms with Gasteiger partial charge in [0.2, 0.25) is 5.91 Å². The Morgan fingerprint density at radius 1 is 1.46 bits per heavy atom. The van der Waals surface area contributed by atoms with Gasteiger partial charge in [-0.15, -0.1) is 0 Å². The second-order valence-electron chi connectivity index (χ2n) is 7.48. The van der Waals surface area contributed by atoms with Gasteiger partial charge in [0.1, 0.15) is 5.60 Å². The van der Waals surface area contributed by atoms with Gasteiger partial charge in [-0.3, -0.25) is 9.59 Å². The zero-order chi connectivity index (χ0) is 17.6. The maximum absolute atomic E-state index is 12.3. The third-order valence-corrected chi connectivity index (χ3v) is 6.18. The molecule has 1 aliphatic heterocycles. The first-order valence-electron chi connectivity index (χ1n) is 8.57. The Kier molecular flexibility index (Phi) is 4.59. The van der Waals surface area contributed by atoms with Crippen molar-refractivity contribution in [3.63, 3.8) is 0 Å². The van der Waals surface area contributed by atoms with Crippen molar-refractivity contribution in [1.29, 1.82) is 0 Å². The van der Waals surface area contributed by atoms with Crippen LogP contribution >= 0.6 is 0 Å². The third kappa shape index (κ3) is 2.52. The molecule has 0 aromatic carbocycles. The Hall–Kier alpha value is -1.22. The van der Waals surface area contributed by atoms with E-state index in [1.807, 2.05) is 0 Å². The molecule has 2 saturated carbocycles. The van der Waals surface area contributed by atoms with Gasteiger partial charge in [-0.1, -0.05) is 0 Å². The Morgan fingerprint density at radius 2 is 2.17 bits per heavy atom. The summed E-state index contributed by atoms with van der Waals surface area (Å²) < 4.78 is 0. The molecule has 0 radical (unpaired) electrons. The van der Waals surface area contributed by atoms with Gasteiger partial charge in [0.05, 0.1) is 12.7 Å². The van der Waals surface area contributed by atoms with Crippen LogP contribution in [-0.2, 0) is 9.59 Å². The molecular weight excluding hydrogens is 314 g/mol. The fraction of sp³-hybridized carbons (Fsp3) is 0.875. The van der Waals surface area contributed by atoms with Crippen LogP contribution in [0.1, 0.15) is 19.8 Å². The van der Waals surface area contributed by atoms with Crippen molar-refractivity contribution >= 4 is 11.8 Å². The van der Waals surface area contributed by atoms with Crippen LogP contribution in [0.2, 0.25) is 0 Å². The first-order valence-corrected chi connectivity index (χ1v) is 8.57. The molecule has 0 aromatic rings. The molecule has 0 unspecified atom stereocenters. The van der Waals surface area contributed by atoms with Crippen LogP contribution in [0.4, 0.5) is 0 Å². The maximum Gasteiger partial charge on any atom is 0.252 e. The molecule has 2 bridgehead atoms. The molecule has 0 spiro atoms. The third-order valence-electron chi connectivity index (χ3n) is 6.18. The van der Waals surface area contributed by atoms with E-state index < -0.39 is 11.7 Å². The molecule has 8 nitrogen and oxygen atoms in total. The molecule has 3 rings (SSSR count). The van der Waals surface area contributed by atoms with Gasteiger partial charge >= 0.3 is 0 Å². The quantitative estimate of drug-likeness (QED) is 0.330. The van der Waals surface area contributed by atoms with Crippen LogP contribution in [0.25, 0.3) is 0 Å². The van der Waals surface area contributed by atoms with Crippen LogP contribution in [0.5, 0.6) is 0 Å². The van der Waals surface area contributed by atoms with E-state index in [-0.39, 0.29) is 54.2 Å². The highest BCUT2D eigenvalue weighted by Crippen LogP contribution is 2.57. The molecule has 3 fully saturated rings. The number of carbonyl (C=O) groups excluding carboxylic acids is 2. The molecule has 2 aliphatic carbocycles. The summed E-state index contributed by atoms with van der Waals surface area (Å²) in [6.45, 7) is 1.58. The fourth-order valence-electron chi connectivity index (χ4n) is 5.45. The second-order valence-corrected chi connectivity index (χ2v) is 7.48. The standard InChI is InChI=1S/C16H27N3O5/c1-7(21)19-13-10(3-9(22)6-20)14(17-2)12-11(13)8-4-16(12,24)15(23)18-5-8/h8-14,17,20,22,24H,3-6H2,1-2H3,(H,18,23)(H,19,21)/t8-,9-,10+,11-,12+,13-,14+,16+/m0/s1. The van der Waals surface area contributed by atoms with Crippen molar-refractivity contribution in [2.45, 2.75) is 43.6 Å². The van der Waals surface area contributed by atoms with Gasteiger partial charge in [-0.25, -0.2) is 0 Å². The number of hydrogen-bond donors (Lipinski definition) is 6. The Bertz CT molecular complexity index is 530. The number of piperidine rings is 1. The van der Waals surface area contributed by atoms with E-state index in [9.17, 15) is 24.9 Å². The number of carbonyl (C=O) groups is 2. The number of nitrogens with one attached hydrogen (secondary N) is 3. The lowest BCUT2D eigenvalue weighted by Gasteiger charge is -2.37. The van der Waals surface area contributed by atoms with E-state index in [0.717, 1.165) is 0 Å². The fourth-order valence-corrected chi connectivity index (χ4v) is 5.45. The monoisotopic (exact) mass is 341 g/mol. The van der Waals surface area contributed by atoms with E-state index in [1.54, 1.807) is 7.05 Å². The summed E-state index contributed by atoms with van der Waals surface area (Å²) in [5.41, 5.74) is -1.45. The van der Waals surface area contributed by atoms with Crippen LogP contribution in [0.15, 0.2) is 0 Å². The minimum atomic E-state index is -1.45. The number of rotatable bonds is 5. The number of hydrogen-bond acceptors (Lipinski definition) is 6. The van der Waals surface area contributed by atoms with E-state index >= 15 is 0 Å². The minimum Gasteiger partial charge on any atom is -0.394 e. The van der Waals surface area contributed by atoms with Gasteiger partial charge < -0.3 is 31.3 Å². The highest BCUT2D eigenvalue weighted by molar-refractivity contribution is 5.87. The molecule has 2 amide bonds. The largest absolute Gasteiger partial charge is 0.394 e. The number of aliphatic hydroxyl groups excluding tert-OH is 2. The average molecular weight is 341 g/mol. The lowest BCUT2D eigenvalue weighted by atomic mass is 9.81. The Morgan fingerprint density at radius 3 is 2.75 bits per heavy atom. The lowest BCUT2D eigenvalue weighted by molar-refractivity contribution is -0.147. The summed E-state index contributed by atoms with van der Waals surface area (Å²) >= 11 is 0. The number of amides is 2. The predicted molar refractivity (Wildman–Crippen MR) is 84.7 cm³/mol. The van der Waals surface area contributed by atoms with Crippen LogP contribution < -0.4 is 16.0 Å². The lowest BCUT2D eigenvalue weighted by Crippen LogP contribution is -2.57. The van der Waals surface area contributed by atoms with Crippen LogP contribution in [0.3, 0.4) is 0 Å². The zero-order valence-electron chi connectivity index (χ0n) is 14.0. The van der Waals surface area contributed by atoms with Crippen molar-refractivity contribution in [2.24, 2.45) is 23.7 Å². The summed E-state index contributed by atoms with van der Waals surface area (Å²) in [6.07, 6.45) is -0.202. The Balaban J connectivity index is 1.98. The van der Waals surface area contributed by atoms with Crippen LogP contribution in [-0.4, -0.2) is 71.1 Å². The molecule has 136 valence electrons. The maximum atomic E-state index is 12.3. The summed E-state index contributed by atoms with van der Waals surface area (Å²) in [5.74, 6) is -0.991. The molecular formula is C16H27N3O5. The van der Waals surface area contributed by atoms with Crippen molar-refractivity contribution in [1.82, 2.24) is 16.0 Å². The van der Waals surface area contributed by atoms with Crippen molar-refractivity contribution in [3.8, 4) is 0 Å². The van der Waals surface area contributed by atoms with Gasteiger partial charge in [-0.2, -0.15) is 0 Å². The van der Waals surface area contributed by atoms with E-state index in [2.05, 4.69) is 16.0 Å². The van der Waals surface area contributed by atoms with Gasteiger partial charge in [-0.05, 0) is 37.6 Å². The molecule has 3 aliphatic rings. The minimum absolute atomic E-state index is 0.0498. The molecule has 8 heteroatoms.